The predicted molar refractivity (Wildman–Crippen MR) is 64.6 cm³/mol. The molecule has 1 amide bonds. The van der Waals surface area contributed by atoms with E-state index in [4.69, 9.17) is 5.11 Å². The highest BCUT2D eigenvalue weighted by atomic mass is 16.4. The van der Waals surface area contributed by atoms with E-state index in [1.807, 2.05) is 0 Å². The number of rotatable bonds is 5. The van der Waals surface area contributed by atoms with Crippen LogP contribution in [0.3, 0.4) is 0 Å². The van der Waals surface area contributed by atoms with E-state index in [-0.39, 0.29) is 24.3 Å². The molecule has 0 aliphatic heterocycles. The monoisotopic (exact) mass is 242 g/mol. The Hall–Kier alpha value is -1.10. The molecular weight excluding hydrogens is 220 g/mol. The molecule has 5 nitrogen and oxygen atoms in total. The van der Waals surface area contributed by atoms with Crippen molar-refractivity contribution in [1.82, 2.24) is 10.2 Å². The first-order valence-corrected chi connectivity index (χ1v) is 6.16. The fourth-order valence-corrected chi connectivity index (χ4v) is 2.30. The Morgan fingerprint density at radius 1 is 1.29 bits per heavy atom. The van der Waals surface area contributed by atoms with Crippen LogP contribution in [0.4, 0.5) is 0 Å². The predicted octanol–water partition coefficient (Wildman–Crippen LogP) is 0.555. The van der Waals surface area contributed by atoms with Gasteiger partial charge in [0.2, 0.25) is 5.91 Å². The minimum absolute atomic E-state index is 0.0210. The highest BCUT2D eigenvalue weighted by molar-refractivity contribution is 5.77. The van der Waals surface area contributed by atoms with Crippen molar-refractivity contribution in [2.45, 2.75) is 25.7 Å². The van der Waals surface area contributed by atoms with Crippen LogP contribution in [0.5, 0.6) is 0 Å². The lowest BCUT2D eigenvalue weighted by Gasteiger charge is -2.28. The van der Waals surface area contributed by atoms with Gasteiger partial charge in [-0.2, -0.15) is 0 Å². The zero-order valence-electron chi connectivity index (χ0n) is 10.6. The molecule has 0 aromatic carbocycles. The molecule has 1 aliphatic rings. The first kappa shape index (κ1) is 14.0. The van der Waals surface area contributed by atoms with Crippen molar-refractivity contribution in [2.75, 3.05) is 27.2 Å². The number of hydrogen-bond donors (Lipinski definition) is 2. The van der Waals surface area contributed by atoms with E-state index in [1.54, 1.807) is 14.1 Å². The number of nitrogens with one attached hydrogen (secondary N) is 1. The molecule has 2 atom stereocenters. The summed E-state index contributed by atoms with van der Waals surface area (Å²) >= 11 is 0. The van der Waals surface area contributed by atoms with Crippen LogP contribution in [-0.2, 0) is 9.59 Å². The summed E-state index contributed by atoms with van der Waals surface area (Å²) in [5.74, 6) is -0.759. The summed E-state index contributed by atoms with van der Waals surface area (Å²) in [5.41, 5.74) is 0. The number of amides is 1. The molecule has 0 aromatic heterocycles. The summed E-state index contributed by atoms with van der Waals surface area (Å²) < 4.78 is 0. The van der Waals surface area contributed by atoms with Crippen LogP contribution in [-0.4, -0.2) is 49.1 Å². The lowest BCUT2D eigenvalue weighted by atomic mass is 9.79. The van der Waals surface area contributed by atoms with Crippen molar-refractivity contribution in [3.05, 3.63) is 0 Å². The standard InChI is InChI=1S/C12H22N2O3/c1-14(2)11(15)8-13-7-9-5-3-4-6-10(9)12(16)17/h9-10,13H,3-8H2,1-2H3,(H,16,17). The van der Waals surface area contributed by atoms with E-state index in [0.717, 1.165) is 25.7 Å². The molecule has 0 spiro atoms. The molecule has 1 aliphatic carbocycles. The van der Waals surface area contributed by atoms with Crippen LogP contribution in [0.25, 0.3) is 0 Å². The molecule has 0 saturated heterocycles. The Bertz CT molecular complexity index is 279. The quantitative estimate of drug-likeness (QED) is 0.739. The fraction of sp³-hybridized carbons (Fsp3) is 0.833. The number of carboxylic acids is 1. The number of aliphatic carboxylic acids is 1. The Labute approximate surface area is 102 Å². The van der Waals surface area contributed by atoms with E-state index < -0.39 is 5.97 Å². The summed E-state index contributed by atoms with van der Waals surface area (Å²) in [6, 6.07) is 0. The van der Waals surface area contributed by atoms with Crippen LogP contribution in [0, 0.1) is 11.8 Å². The van der Waals surface area contributed by atoms with E-state index in [1.165, 1.54) is 4.90 Å². The Morgan fingerprint density at radius 3 is 2.53 bits per heavy atom. The minimum atomic E-state index is -0.699. The SMILES string of the molecule is CN(C)C(=O)CNCC1CCCCC1C(=O)O. The van der Waals surface area contributed by atoms with Gasteiger partial charge in [0.1, 0.15) is 0 Å². The molecule has 1 saturated carbocycles. The van der Waals surface area contributed by atoms with Crippen LogP contribution in [0.1, 0.15) is 25.7 Å². The largest absolute Gasteiger partial charge is 0.481 e. The molecule has 17 heavy (non-hydrogen) atoms. The van der Waals surface area contributed by atoms with Crippen LogP contribution >= 0.6 is 0 Å². The van der Waals surface area contributed by atoms with Gasteiger partial charge in [0.15, 0.2) is 0 Å². The highest BCUT2D eigenvalue weighted by Crippen LogP contribution is 2.29. The van der Waals surface area contributed by atoms with Gasteiger partial charge in [0.25, 0.3) is 0 Å². The average molecular weight is 242 g/mol. The normalized spacial score (nSPS) is 24.4. The molecule has 0 radical (unpaired) electrons. The number of carbonyl (C=O) groups excluding carboxylic acids is 1. The second kappa shape index (κ2) is 6.59. The van der Waals surface area contributed by atoms with Gasteiger partial charge in [-0.25, -0.2) is 0 Å². The third-order valence-corrected chi connectivity index (χ3v) is 3.41. The maximum atomic E-state index is 11.3. The fourth-order valence-electron chi connectivity index (χ4n) is 2.30. The van der Waals surface area contributed by atoms with Crippen LogP contribution < -0.4 is 5.32 Å². The minimum Gasteiger partial charge on any atom is -0.481 e. The second-order valence-electron chi connectivity index (χ2n) is 4.91. The zero-order valence-corrected chi connectivity index (χ0v) is 10.6. The second-order valence-corrected chi connectivity index (χ2v) is 4.91. The average Bonchev–Trinajstić information content (AvgIpc) is 2.29. The van der Waals surface area contributed by atoms with Gasteiger partial charge in [0.05, 0.1) is 12.5 Å². The van der Waals surface area contributed by atoms with E-state index in [9.17, 15) is 9.59 Å². The number of carbonyl (C=O) groups is 2. The molecule has 98 valence electrons. The van der Waals surface area contributed by atoms with E-state index >= 15 is 0 Å². The lowest BCUT2D eigenvalue weighted by molar-refractivity contribution is -0.144. The van der Waals surface area contributed by atoms with Gasteiger partial charge in [-0.1, -0.05) is 12.8 Å². The summed E-state index contributed by atoms with van der Waals surface area (Å²) in [6.07, 6.45) is 3.81. The van der Waals surface area contributed by atoms with Gasteiger partial charge < -0.3 is 15.3 Å². The molecule has 0 aromatic rings. The smallest absolute Gasteiger partial charge is 0.306 e. The molecule has 5 heteroatoms. The van der Waals surface area contributed by atoms with Crippen molar-refractivity contribution in [1.29, 1.82) is 0 Å². The van der Waals surface area contributed by atoms with Gasteiger partial charge in [-0.15, -0.1) is 0 Å². The third kappa shape index (κ3) is 4.34. The summed E-state index contributed by atoms with van der Waals surface area (Å²) in [6.45, 7) is 0.909. The van der Waals surface area contributed by atoms with E-state index in [2.05, 4.69) is 5.32 Å². The maximum Gasteiger partial charge on any atom is 0.306 e. The Kier molecular flexibility index (Phi) is 5.41. The summed E-state index contributed by atoms with van der Waals surface area (Å²) in [7, 11) is 3.43. The van der Waals surface area contributed by atoms with Crippen molar-refractivity contribution in [3.63, 3.8) is 0 Å². The zero-order chi connectivity index (χ0) is 12.8. The first-order chi connectivity index (χ1) is 8.02. The van der Waals surface area contributed by atoms with Crippen molar-refractivity contribution in [2.24, 2.45) is 11.8 Å². The molecule has 0 heterocycles. The van der Waals surface area contributed by atoms with E-state index in [0.29, 0.717) is 6.54 Å². The maximum absolute atomic E-state index is 11.3. The number of hydrogen-bond acceptors (Lipinski definition) is 3. The van der Waals surface area contributed by atoms with Gasteiger partial charge in [-0.05, 0) is 25.3 Å². The highest BCUT2D eigenvalue weighted by Gasteiger charge is 2.30. The van der Waals surface area contributed by atoms with Crippen molar-refractivity contribution < 1.29 is 14.7 Å². The van der Waals surface area contributed by atoms with Crippen LogP contribution in [0.15, 0.2) is 0 Å². The Morgan fingerprint density at radius 2 is 1.94 bits per heavy atom. The van der Waals surface area contributed by atoms with Gasteiger partial charge >= 0.3 is 5.97 Å². The van der Waals surface area contributed by atoms with Gasteiger partial charge in [0, 0.05) is 14.1 Å². The topological polar surface area (TPSA) is 69.6 Å². The summed E-state index contributed by atoms with van der Waals surface area (Å²) in [4.78, 5) is 23.9. The molecule has 2 N–H and O–H groups in total. The first-order valence-electron chi connectivity index (χ1n) is 6.16. The Balaban J connectivity index is 2.33. The number of carboxylic acid groups (broad SMARTS) is 1. The molecule has 1 fully saturated rings. The molecule has 2 unspecified atom stereocenters. The summed E-state index contributed by atoms with van der Waals surface area (Å²) in [5, 5.41) is 12.2. The molecule has 0 bridgehead atoms. The lowest BCUT2D eigenvalue weighted by Crippen LogP contribution is -2.39. The van der Waals surface area contributed by atoms with Crippen molar-refractivity contribution >= 4 is 11.9 Å². The van der Waals surface area contributed by atoms with Crippen LogP contribution in [0.2, 0.25) is 0 Å². The number of nitrogens with zero attached hydrogens (tertiary/aromatic N) is 1. The number of likely N-dealkylation sites (N-methyl/N-ethyl adjacent to an activating group) is 1. The molecular formula is C12H22N2O3. The van der Waals surface area contributed by atoms with Gasteiger partial charge in [-0.3, -0.25) is 9.59 Å². The van der Waals surface area contributed by atoms with Crippen molar-refractivity contribution in [3.8, 4) is 0 Å². The third-order valence-electron chi connectivity index (χ3n) is 3.41. The molecule has 1 rings (SSSR count).